The Balaban J connectivity index is 1.81. The van der Waals surface area contributed by atoms with Crippen LogP contribution in [0.4, 0.5) is 5.69 Å². The number of benzene rings is 2. The number of aromatic hydroxyl groups is 1. The largest absolute Gasteiger partial charge is 0.494 e. The van der Waals surface area contributed by atoms with Crippen LogP contribution in [0.5, 0.6) is 5.88 Å². The summed E-state index contributed by atoms with van der Waals surface area (Å²) in [6, 6.07) is 17.1. The van der Waals surface area contributed by atoms with Crippen molar-refractivity contribution in [2.45, 2.75) is 26.8 Å². The van der Waals surface area contributed by atoms with Crippen LogP contribution in [0.1, 0.15) is 35.3 Å². The van der Waals surface area contributed by atoms with Gasteiger partial charge in [0.25, 0.3) is 5.56 Å². The minimum atomic E-state index is -0.907. The molecule has 2 aromatic carbocycles. The van der Waals surface area contributed by atoms with E-state index in [0.717, 1.165) is 34.5 Å². The summed E-state index contributed by atoms with van der Waals surface area (Å²) in [5, 5.41) is 10.5. The Kier molecular flexibility index (Phi) is 7.44. The lowest BCUT2D eigenvalue weighted by Crippen LogP contribution is -2.34. The molecule has 7 nitrogen and oxygen atoms in total. The number of carbonyl (C=O) groups is 1. The van der Waals surface area contributed by atoms with Gasteiger partial charge in [-0.3, -0.25) is 19.1 Å². The van der Waals surface area contributed by atoms with Crippen molar-refractivity contribution >= 4 is 17.5 Å². The first-order valence-electron chi connectivity index (χ1n) is 10.6. The first-order chi connectivity index (χ1) is 15.4. The molecular weight excluding hydrogens is 406 g/mol. The van der Waals surface area contributed by atoms with Crippen LogP contribution in [0.3, 0.4) is 0 Å². The highest BCUT2D eigenvalue weighted by Crippen LogP contribution is 2.17. The minimum Gasteiger partial charge on any atom is -0.494 e. The van der Waals surface area contributed by atoms with E-state index in [-0.39, 0.29) is 6.54 Å². The third-order valence-corrected chi connectivity index (χ3v) is 5.33. The maximum atomic E-state index is 12.7. The molecule has 0 amide bonds. The molecule has 0 saturated heterocycles. The van der Waals surface area contributed by atoms with Gasteiger partial charge in [0, 0.05) is 25.3 Å². The molecule has 0 aliphatic heterocycles. The second kappa shape index (κ2) is 10.4. The van der Waals surface area contributed by atoms with E-state index in [4.69, 9.17) is 0 Å². The molecule has 0 radical (unpaired) electrons. The number of aryl methyl sites for hydroxylation is 1. The predicted octanol–water partition coefficient (Wildman–Crippen LogP) is 3.23. The van der Waals surface area contributed by atoms with Crippen molar-refractivity contribution in [3.8, 4) is 5.88 Å². The van der Waals surface area contributed by atoms with Gasteiger partial charge in [-0.25, -0.2) is 4.79 Å². The molecule has 0 atom stereocenters. The third kappa shape index (κ3) is 5.24. The van der Waals surface area contributed by atoms with E-state index < -0.39 is 28.5 Å². The number of carbonyl (C=O) groups excluding carboxylic acids is 1. The quantitative estimate of drug-likeness (QED) is 0.399. The summed E-state index contributed by atoms with van der Waals surface area (Å²) in [6.45, 7) is 6.08. The van der Waals surface area contributed by atoms with Gasteiger partial charge in [-0.15, -0.1) is 0 Å². The van der Waals surface area contributed by atoms with Gasteiger partial charge in [0.2, 0.25) is 5.88 Å². The first kappa shape index (κ1) is 22.8. The van der Waals surface area contributed by atoms with Crippen LogP contribution < -0.4 is 16.1 Å². The molecule has 0 aliphatic carbocycles. The lowest BCUT2D eigenvalue weighted by Gasteiger charge is -2.20. The van der Waals surface area contributed by atoms with Gasteiger partial charge in [-0.2, -0.15) is 0 Å². The van der Waals surface area contributed by atoms with Crippen LogP contribution in [0.25, 0.3) is 6.08 Å². The smallest absolute Gasteiger partial charge is 0.331 e. The Hall–Kier alpha value is -3.87. The van der Waals surface area contributed by atoms with Crippen molar-refractivity contribution in [2.75, 3.05) is 18.0 Å². The van der Waals surface area contributed by atoms with Crippen molar-refractivity contribution < 1.29 is 9.90 Å². The fraction of sp³-hybridized carbons (Fsp3) is 0.240. The van der Waals surface area contributed by atoms with Crippen LogP contribution in [-0.4, -0.2) is 33.5 Å². The van der Waals surface area contributed by atoms with E-state index >= 15 is 0 Å². The summed E-state index contributed by atoms with van der Waals surface area (Å²) in [5.41, 5.74) is 0.714. The summed E-state index contributed by atoms with van der Waals surface area (Å²) in [4.78, 5) is 41.4. The van der Waals surface area contributed by atoms with E-state index in [9.17, 15) is 19.5 Å². The van der Waals surface area contributed by atoms with Gasteiger partial charge in [0.05, 0.1) is 0 Å². The van der Waals surface area contributed by atoms with Gasteiger partial charge in [0.1, 0.15) is 5.56 Å². The first-order valence-corrected chi connectivity index (χ1v) is 10.6. The van der Waals surface area contributed by atoms with E-state index in [1.165, 1.54) is 6.08 Å². The van der Waals surface area contributed by atoms with Crippen molar-refractivity contribution in [1.82, 2.24) is 9.55 Å². The van der Waals surface area contributed by atoms with E-state index in [1.54, 1.807) is 6.08 Å². The number of allylic oxidation sites excluding steroid dienone is 1. The molecule has 0 aliphatic rings. The summed E-state index contributed by atoms with van der Waals surface area (Å²) >= 11 is 0. The number of H-pyrrole nitrogens is 1. The van der Waals surface area contributed by atoms with Crippen molar-refractivity contribution in [2.24, 2.45) is 0 Å². The summed E-state index contributed by atoms with van der Waals surface area (Å²) in [7, 11) is 0. The number of rotatable bonds is 9. The molecule has 0 saturated carbocycles. The molecule has 7 heteroatoms. The van der Waals surface area contributed by atoms with Crippen LogP contribution >= 0.6 is 0 Å². The Labute approximate surface area is 186 Å². The number of hydrogen-bond acceptors (Lipinski definition) is 5. The lowest BCUT2D eigenvalue weighted by atomic mass is 10.1. The van der Waals surface area contributed by atoms with Crippen molar-refractivity contribution in [1.29, 1.82) is 0 Å². The average Bonchev–Trinajstić information content (AvgIpc) is 2.79. The molecule has 0 spiro atoms. The normalized spacial score (nSPS) is 11.1. The maximum Gasteiger partial charge on any atom is 0.331 e. The predicted molar refractivity (Wildman–Crippen MR) is 127 cm³/mol. The Morgan fingerprint density at radius 2 is 1.69 bits per heavy atom. The standard InChI is InChI=1S/C25H27N3O4/c1-3-27(4-2)20-13-10-19(11-14-20)12-15-21(29)22-23(30)26-25(32)28(24(22)31)17-16-18-8-6-5-7-9-18/h5-15,31H,3-4,16-17H2,1-2H3,(H,26,30,32). The zero-order chi connectivity index (χ0) is 23.1. The lowest BCUT2D eigenvalue weighted by molar-refractivity contribution is 0.104. The van der Waals surface area contributed by atoms with Gasteiger partial charge in [0.15, 0.2) is 5.78 Å². The number of aromatic amines is 1. The molecule has 3 aromatic rings. The summed E-state index contributed by atoms with van der Waals surface area (Å²) in [5.74, 6) is -1.30. The van der Waals surface area contributed by atoms with Crippen LogP contribution in [0.2, 0.25) is 0 Å². The Bertz CT molecular complexity index is 1200. The highest BCUT2D eigenvalue weighted by Gasteiger charge is 2.19. The number of ketones is 1. The van der Waals surface area contributed by atoms with Crippen molar-refractivity contribution in [3.63, 3.8) is 0 Å². The third-order valence-electron chi connectivity index (χ3n) is 5.33. The molecule has 1 heterocycles. The number of nitrogens with zero attached hydrogens (tertiary/aromatic N) is 2. The van der Waals surface area contributed by atoms with Crippen LogP contribution in [0.15, 0.2) is 70.3 Å². The molecular formula is C25H27N3O4. The molecule has 1 aromatic heterocycles. The highest BCUT2D eigenvalue weighted by atomic mass is 16.3. The molecule has 32 heavy (non-hydrogen) atoms. The second-order valence-corrected chi connectivity index (χ2v) is 7.31. The van der Waals surface area contributed by atoms with Gasteiger partial charge in [-0.05, 0) is 49.6 Å². The minimum absolute atomic E-state index is 0.127. The van der Waals surface area contributed by atoms with E-state index in [0.29, 0.717) is 6.42 Å². The van der Waals surface area contributed by atoms with Gasteiger partial charge in [-0.1, -0.05) is 48.5 Å². The topological polar surface area (TPSA) is 95.4 Å². The second-order valence-electron chi connectivity index (χ2n) is 7.31. The number of nitrogens with one attached hydrogen (secondary N) is 1. The SMILES string of the molecule is CCN(CC)c1ccc(C=CC(=O)c2c(O)n(CCc3ccccc3)c(=O)[nH]c2=O)cc1. The zero-order valence-corrected chi connectivity index (χ0v) is 18.2. The zero-order valence-electron chi connectivity index (χ0n) is 18.2. The van der Waals surface area contributed by atoms with E-state index in [1.807, 2.05) is 54.6 Å². The molecule has 0 bridgehead atoms. The number of anilines is 1. The fourth-order valence-corrected chi connectivity index (χ4v) is 3.52. The van der Waals surface area contributed by atoms with Gasteiger partial charge < -0.3 is 10.0 Å². The van der Waals surface area contributed by atoms with E-state index in [2.05, 4.69) is 23.7 Å². The van der Waals surface area contributed by atoms with Crippen LogP contribution in [0, 0.1) is 0 Å². The highest BCUT2D eigenvalue weighted by molar-refractivity contribution is 6.08. The average molecular weight is 434 g/mol. The van der Waals surface area contributed by atoms with Crippen molar-refractivity contribution in [3.05, 3.63) is 98.2 Å². The fourth-order valence-electron chi connectivity index (χ4n) is 3.52. The molecule has 0 fully saturated rings. The summed E-state index contributed by atoms with van der Waals surface area (Å²) in [6.07, 6.45) is 3.26. The molecule has 3 rings (SSSR count). The van der Waals surface area contributed by atoms with Gasteiger partial charge >= 0.3 is 5.69 Å². The molecule has 2 N–H and O–H groups in total. The Morgan fingerprint density at radius 1 is 1.03 bits per heavy atom. The number of hydrogen-bond donors (Lipinski definition) is 2. The molecule has 0 unspecified atom stereocenters. The van der Waals surface area contributed by atoms with Crippen LogP contribution in [-0.2, 0) is 13.0 Å². The Morgan fingerprint density at radius 3 is 2.31 bits per heavy atom. The maximum absolute atomic E-state index is 12.7. The molecule has 166 valence electrons. The number of aromatic nitrogens is 2. The summed E-state index contributed by atoms with van der Waals surface area (Å²) < 4.78 is 1.01. The monoisotopic (exact) mass is 433 g/mol.